The Morgan fingerprint density at radius 2 is 1.84 bits per heavy atom. The molecule has 3 aliphatic carbocycles. The van der Waals surface area contributed by atoms with E-state index < -0.39 is 6.23 Å². The molecule has 5 rings (SSSR count). The van der Waals surface area contributed by atoms with E-state index in [2.05, 4.69) is 41.7 Å². The standard InChI is InChI=1S/C28H35N3O/c32-26(18-15-20-9-3-1-4-10-20)31-28-25(19-21-11-5-2-6-12-21)29-27-23-14-8-7-13-22(23)16-17-24(27)30-28/h1,3-4,7,9-10,13,21,26,32H,2,5-6,8,11-12,14-19H2,(H,30,31). The minimum absolute atomic E-state index is 0.622. The number of nitrogens with zero attached hydrogens (tertiary/aromatic N) is 2. The van der Waals surface area contributed by atoms with Gasteiger partial charge in [-0.1, -0.05) is 74.6 Å². The molecule has 168 valence electrons. The van der Waals surface area contributed by atoms with Gasteiger partial charge >= 0.3 is 0 Å². The van der Waals surface area contributed by atoms with Crippen LogP contribution in [0, 0.1) is 5.92 Å². The molecule has 2 aromatic rings. The summed E-state index contributed by atoms with van der Waals surface area (Å²) in [7, 11) is 0. The van der Waals surface area contributed by atoms with E-state index in [1.165, 1.54) is 48.8 Å². The Morgan fingerprint density at radius 3 is 2.69 bits per heavy atom. The van der Waals surface area contributed by atoms with Crippen LogP contribution in [0.15, 0.2) is 48.1 Å². The zero-order chi connectivity index (χ0) is 21.8. The first-order valence-corrected chi connectivity index (χ1v) is 12.5. The SMILES string of the molecule is OC(CCc1ccccc1)Nc1nc2c(nc1CC1CCCCC1)C1=C(C=CCC1)CC2. The van der Waals surface area contributed by atoms with Crippen LogP contribution in [0.3, 0.4) is 0 Å². The van der Waals surface area contributed by atoms with Crippen LogP contribution >= 0.6 is 0 Å². The molecule has 0 radical (unpaired) electrons. The van der Waals surface area contributed by atoms with Gasteiger partial charge in [0.25, 0.3) is 0 Å². The van der Waals surface area contributed by atoms with Crippen molar-refractivity contribution in [2.75, 3.05) is 5.32 Å². The Morgan fingerprint density at radius 1 is 1.00 bits per heavy atom. The first kappa shape index (κ1) is 21.4. The van der Waals surface area contributed by atoms with Gasteiger partial charge in [-0.25, -0.2) is 9.97 Å². The summed E-state index contributed by atoms with van der Waals surface area (Å²) in [4.78, 5) is 10.3. The van der Waals surface area contributed by atoms with Crippen LogP contribution in [0.4, 0.5) is 5.82 Å². The van der Waals surface area contributed by atoms with Crippen LogP contribution in [0.1, 0.15) is 80.4 Å². The van der Waals surface area contributed by atoms with Crippen molar-refractivity contribution >= 4 is 11.4 Å². The van der Waals surface area contributed by atoms with E-state index in [1.54, 1.807) is 0 Å². The summed E-state index contributed by atoms with van der Waals surface area (Å²) in [5.41, 5.74) is 7.39. The molecular formula is C28H35N3O. The van der Waals surface area contributed by atoms with Gasteiger partial charge in [0, 0.05) is 0 Å². The van der Waals surface area contributed by atoms with Crippen LogP contribution < -0.4 is 5.32 Å². The number of allylic oxidation sites excluding steroid dienone is 4. The summed E-state index contributed by atoms with van der Waals surface area (Å²) in [6, 6.07) is 10.4. The van der Waals surface area contributed by atoms with Crippen LogP contribution in [-0.2, 0) is 19.3 Å². The summed E-state index contributed by atoms with van der Waals surface area (Å²) in [5, 5.41) is 14.1. The van der Waals surface area contributed by atoms with E-state index in [-0.39, 0.29) is 0 Å². The number of hydrogen-bond donors (Lipinski definition) is 2. The quantitative estimate of drug-likeness (QED) is 0.529. The molecule has 32 heavy (non-hydrogen) atoms. The van der Waals surface area contributed by atoms with Crippen molar-refractivity contribution in [3.8, 4) is 0 Å². The molecule has 3 aliphatic rings. The molecule has 4 nitrogen and oxygen atoms in total. The average Bonchev–Trinajstić information content (AvgIpc) is 2.84. The molecule has 2 N–H and O–H groups in total. The Hall–Kier alpha value is -2.46. The molecule has 4 heteroatoms. The molecule has 1 fully saturated rings. The first-order chi connectivity index (χ1) is 15.8. The third kappa shape index (κ3) is 4.96. The Labute approximate surface area is 191 Å². The number of aryl methyl sites for hydroxylation is 2. The first-order valence-electron chi connectivity index (χ1n) is 12.5. The summed E-state index contributed by atoms with van der Waals surface area (Å²) in [5.74, 6) is 1.49. The normalized spacial score (nSPS) is 19.4. The van der Waals surface area contributed by atoms with Gasteiger partial charge in [-0.3, -0.25) is 0 Å². The highest BCUT2D eigenvalue weighted by Crippen LogP contribution is 2.37. The fraction of sp³-hybridized carbons (Fsp3) is 0.500. The van der Waals surface area contributed by atoms with Crippen LogP contribution in [0.5, 0.6) is 0 Å². The lowest BCUT2D eigenvalue weighted by Crippen LogP contribution is -2.24. The van der Waals surface area contributed by atoms with Gasteiger partial charge in [-0.05, 0) is 67.6 Å². The molecule has 0 aliphatic heterocycles. The predicted molar refractivity (Wildman–Crippen MR) is 130 cm³/mol. The minimum atomic E-state index is -0.622. The molecule has 1 unspecified atom stereocenters. The van der Waals surface area contributed by atoms with E-state index in [4.69, 9.17) is 9.97 Å². The summed E-state index contributed by atoms with van der Waals surface area (Å²) >= 11 is 0. The van der Waals surface area contributed by atoms with Crippen molar-refractivity contribution < 1.29 is 5.11 Å². The van der Waals surface area contributed by atoms with Gasteiger partial charge < -0.3 is 10.4 Å². The lowest BCUT2D eigenvalue weighted by molar-refractivity contribution is 0.192. The lowest BCUT2D eigenvalue weighted by atomic mass is 9.84. The van der Waals surface area contributed by atoms with Crippen molar-refractivity contribution in [3.63, 3.8) is 0 Å². The number of nitrogens with one attached hydrogen (secondary N) is 1. The van der Waals surface area contributed by atoms with Gasteiger partial charge in [-0.15, -0.1) is 0 Å². The molecule has 0 spiro atoms. The maximum atomic E-state index is 10.8. The van der Waals surface area contributed by atoms with Crippen LogP contribution in [0.25, 0.3) is 5.57 Å². The van der Waals surface area contributed by atoms with Crippen molar-refractivity contribution in [2.45, 2.75) is 83.3 Å². The number of anilines is 1. The van der Waals surface area contributed by atoms with Crippen molar-refractivity contribution in [1.29, 1.82) is 0 Å². The molecule has 1 saturated carbocycles. The number of hydrogen-bond acceptors (Lipinski definition) is 4. The number of fused-ring (bicyclic) bond motifs is 2. The van der Waals surface area contributed by atoms with Crippen molar-refractivity contribution in [1.82, 2.24) is 9.97 Å². The zero-order valence-electron chi connectivity index (χ0n) is 19.0. The third-order valence-electron chi connectivity index (χ3n) is 7.28. The summed E-state index contributed by atoms with van der Waals surface area (Å²) in [6.45, 7) is 0. The van der Waals surface area contributed by atoms with E-state index in [0.29, 0.717) is 12.3 Å². The number of rotatable bonds is 7. The topological polar surface area (TPSA) is 58.0 Å². The van der Waals surface area contributed by atoms with Crippen molar-refractivity contribution in [3.05, 3.63) is 70.7 Å². The van der Waals surface area contributed by atoms with E-state index in [1.807, 2.05) is 6.07 Å². The molecule has 0 amide bonds. The van der Waals surface area contributed by atoms with Gasteiger partial charge in [0.1, 0.15) is 12.0 Å². The fourth-order valence-corrected chi connectivity index (χ4v) is 5.49. The van der Waals surface area contributed by atoms with Crippen LogP contribution in [0.2, 0.25) is 0 Å². The van der Waals surface area contributed by atoms with E-state index >= 15 is 0 Å². The summed E-state index contributed by atoms with van der Waals surface area (Å²) in [6.07, 6.45) is 17.2. The largest absolute Gasteiger partial charge is 0.374 e. The zero-order valence-corrected chi connectivity index (χ0v) is 19.0. The van der Waals surface area contributed by atoms with E-state index in [0.717, 1.165) is 61.4 Å². The second kappa shape index (κ2) is 9.99. The number of aromatic nitrogens is 2. The second-order valence-electron chi connectivity index (χ2n) is 9.65. The molecule has 1 aromatic carbocycles. The summed E-state index contributed by atoms with van der Waals surface area (Å²) < 4.78 is 0. The molecular weight excluding hydrogens is 394 g/mol. The molecule has 0 bridgehead atoms. The molecule has 0 saturated heterocycles. The fourth-order valence-electron chi connectivity index (χ4n) is 5.49. The highest BCUT2D eigenvalue weighted by atomic mass is 16.3. The minimum Gasteiger partial charge on any atom is -0.374 e. The predicted octanol–water partition coefficient (Wildman–Crippen LogP) is 6.01. The van der Waals surface area contributed by atoms with Gasteiger partial charge in [-0.2, -0.15) is 0 Å². The highest BCUT2D eigenvalue weighted by Gasteiger charge is 2.26. The van der Waals surface area contributed by atoms with Crippen LogP contribution in [-0.4, -0.2) is 21.3 Å². The lowest BCUT2D eigenvalue weighted by Gasteiger charge is -2.27. The molecule has 1 atom stereocenters. The number of aliphatic hydroxyl groups excluding tert-OH is 1. The maximum absolute atomic E-state index is 10.8. The monoisotopic (exact) mass is 429 g/mol. The number of benzene rings is 1. The Bertz CT molecular complexity index is 989. The third-order valence-corrected chi connectivity index (χ3v) is 7.28. The van der Waals surface area contributed by atoms with Gasteiger partial charge in [0.2, 0.25) is 0 Å². The molecule has 1 aromatic heterocycles. The van der Waals surface area contributed by atoms with Gasteiger partial charge in [0.15, 0.2) is 0 Å². The Balaban J connectivity index is 1.38. The van der Waals surface area contributed by atoms with Gasteiger partial charge in [0.05, 0.1) is 17.1 Å². The highest BCUT2D eigenvalue weighted by molar-refractivity contribution is 5.74. The number of aliphatic hydroxyl groups is 1. The Kier molecular flexibility index (Phi) is 6.68. The molecule has 1 heterocycles. The average molecular weight is 430 g/mol. The maximum Gasteiger partial charge on any atom is 0.150 e. The second-order valence-corrected chi connectivity index (χ2v) is 9.65. The smallest absolute Gasteiger partial charge is 0.150 e. The van der Waals surface area contributed by atoms with Crippen molar-refractivity contribution in [2.24, 2.45) is 5.92 Å². The van der Waals surface area contributed by atoms with E-state index in [9.17, 15) is 5.11 Å².